The molecule has 2 fully saturated rings. The van der Waals surface area contributed by atoms with Gasteiger partial charge in [0, 0.05) is 18.9 Å². The van der Waals surface area contributed by atoms with E-state index in [2.05, 4.69) is 43.1 Å². The average Bonchev–Trinajstić information content (AvgIpc) is 2.83. The van der Waals surface area contributed by atoms with Gasteiger partial charge in [-0.1, -0.05) is 26.0 Å². The summed E-state index contributed by atoms with van der Waals surface area (Å²) in [5, 5.41) is 9.45. The van der Waals surface area contributed by atoms with Gasteiger partial charge in [-0.15, -0.1) is 0 Å². The Morgan fingerprint density at radius 2 is 1.57 bits per heavy atom. The maximum absolute atomic E-state index is 11.5. The summed E-state index contributed by atoms with van der Waals surface area (Å²) >= 11 is 0. The Bertz CT molecular complexity index is 1170. The number of hydrogen-bond acceptors (Lipinski definition) is 4. The lowest BCUT2D eigenvalue weighted by Gasteiger charge is -2.47. The van der Waals surface area contributed by atoms with Crippen LogP contribution in [0.25, 0.3) is 0 Å². The van der Waals surface area contributed by atoms with Gasteiger partial charge in [0.1, 0.15) is 22.9 Å². The van der Waals surface area contributed by atoms with Gasteiger partial charge in [0.05, 0.1) is 0 Å². The third-order valence-corrected chi connectivity index (χ3v) is 7.96. The zero-order valence-electron chi connectivity index (χ0n) is 20.8. The highest BCUT2D eigenvalue weighted by Crippen LogP contribution is 2.51. The Morgan fingerprint density at radius 3 is 2.17 bits per heavy atom. The summed E-state index contributed by atoms with van der Waals surface area (Å²) in [6, 6.07) is 19.5. The summed E-state index contributed by atoms with van der Waals surface area (Å²) in [6.45, 7) is 4.87. The number of pyridine rings is 1. The quantitative estimate of drug-likeness (QED) is 0.405. The van der Waals surface area contributed by atoms with Crippen LogP contribution >= 0.6 is 0 Å². The summed E-state index contributed by atoms with van der Waals surface area (Å²) in [7, 11) is 1.81. The first-order chi connectivity index (χ1) is 16.8. The molecule has 2 aliphatic carbocycles. The van der Waals surface area contributed by atoms with Crippen LogP contribution in [0.3, 0.4) is 0 Å². The minimum absolute atomic E-state index is 0.167. The van der Waals surface area contributed by atoms with Crippen molar-refractivity contribution in [2.45, 2.75) is 51.4 Å². The second kappa shape index (κ2) is 9.37. The van der Waals surface area contributed by atoms with Crippen molar-refractivity contribution in [1.29, 1.82) is 0 Å². The minimum Gasteiger partial charge on any atom is -0.478 e. The highest BCUT2D eigenvalue weighted by atomic mass is 16.5. The van der Waals surface area contributed by atoms with Gasteiger partial charge in [0.2, 0.25) is 0 Å². The van der Waals surface area contributed by atoms with E-state index in [1.165, 1.54) is 37.7 Å². The monoisotopic (exact) mass is 470 g/mol. The van der Waals surface area contributed by atoms with Crippen molar-refractivity contribution >= 4 is 17.5 Å². The number of benzene rings is 2. The molecule has 2 saturated carbocycles. The van der Waals surface area contributed by atoms with Crippen LogP contribution in [0.5, 0.6) is 11.5 Å². The Labute approximate surface area is 207 Å². The Morgan fingerprint density at radius 1 is 0.971 bits per heavy atom. The number of fused-ring (bicyclic) bond motifs is 2. The Hall–Kier alpha value is -3.34. The van der Waals surface area contributed by atoms with Crippen molar-refractivity contribution in [2.24, 2.45) is 17.8 Å². The van der Waals surface area contributed by atoms with Gasteiger partial charge in [-0.25, -0.2) is 9.78 Å². The molecule has 1 heterocycles. The molecule has 35 heavy (non-hydrogen) atoms. The maximum atomic E-state index is 11.5. The molecule has 1 N–H and O–H groups in total. The van der Waals surface area contributed by atoms with E-state index in [9.17, 15) is 9.90 Å². The number of carboxylic acids is 1. The molecule has 0 spiro atoms. The third kappa shape index (κ3) is 4.90. The van der Waals surface area contributed by atoms with E-state index in [4.69, 9.17) is 4.74 Å². The van der Waals surface area contributed by atoms with E-state index in [1.807, 2.05) is 31.3 Å². The molecule has 5 nitrogen and oxygen atoms in total. The van der Waals surface area contributed by atoms with E-state index >= 15 is 0 Å². The van der Waals surface area contributed by atoms with E-state index in [1.54, 1.807) is 23.2 Å². The second-order valence-corrected chi connectivity index (χ2v) is 10.9. The van der Waals surface area contributed by atoms with Crippen LogP contribution in [0.2, 0.25) is 0 Å². The van der Waals surface area contributed by atoms with E-state index in [0.29, 0.717) is 5.82 Å². The number of aromatic nitrogens is 1. The molecule has 0 amide bonds. The smallest absolute Gasteiger partial charge is 0.339 e. The lowest BCUT2D eigenvalue weighted by atomic mass is 9.58. The van der Waals surface area contributed by atoms with Gasteiger partial charge in [-0.3, -0.25) is 0 Å². The molecular weight excluding hydrogens is 436 g/mol. The number of carboxylic acid groups (broad SMARTS) is 1. The molecule has 2 bridgehead atoms. The molecule has 182 valence electrons. The van der Waals surface area contributed by atoms with Crippen LogP contribution in [0, 0.1) is 17.8 Å². The predicted molar refractivity (Wildman–Crippen MR) is 139 cm³/mol. The normalized spacial score (nSPS) is 25.6. The molecule has 2 aromatic carbocycles. The van der Waals surface area contributed by atoms with Gasteiger partial charge < -0.3 is 14.7 Å². The first kappa shape index (κ1) is 23.4. The van der Waals surface area contributed by atoms with E-state index in [0.717, 1.165) is 34.9 Å². The van der Waals surface area contributed by atoms with Crippen molar-refractivity contribution in [3.63, 3.8) is 0 Å². The molecule has 2 aliphatic rings. The molecule has 3 aromatic rings. The number of nitrogens with zero attached hydrogens (tertiary/aromatic N) is 2. The SMILES string of the molecule is CC1CC2CC(C1)CC(C)(c1ccc(Oc3ccc(N(C)c4ncccc4C(=O)O)cc3)cc1)C2. The van der Waals surface area contributed by atoms with Gasteiger partial charge >= 0.3 is 5.97 Å². The van der Waals surface area contributed by atoms with Crippen LogP contribution in [-0.2, 0) is 5.41 Å². The third-order valence-electron chi connectivity index (χ3n) is 7.96. The summed E-state index contributed by atoms with van der Waals surface area (Å²) < 4.78 is 6.12. The van der Waals surface area contributed by atoms with Crippen LogP contribution in [-0.4, -0.2) is 23.1 Å². The zero-order valence-corrected chi connectivity index (χ0v) is 20.8. The highest BCUT2D eigenvalue weighted by molar-refractivity contribution is 5.94. The first-order valence-electron chi connectivity index (χ1n) is 12.6. The summed E-state index contributed by atoms with van der Waals surface area (Å²) in [6.07, 6.45) is 8.38. The molecule has 2 unspecified atom stereocenters. The molecule has 5 rings (SSSR count). The fraction of sp³-hybridized carbons (Fsp3) is 0.400. The number of ether oxygens (including phenoxy) is 1. The standard InChI is InChI=1S/C30H34N2O3/c1-20-15-21-17-22(16-20)19-30(2,18-21)23-6-10-25(11-7-23)35-26-12-8-24(9-13-26)32(3)28-27(29(33)34)5-4-14-31-28/h4-14,20-22H,15-19H2,1-3H3,(H,33,34). The van der Waals surface area contributed by atoms with Crippen LogP contribution in [0.4, 0.5) is 11.5 Å². The number of carbonyl (C=O) groups is 1. The summed E-state index contributed by atoms with van der Waals surface area (Å²) in [4.78, 5) is 17.6. The van der Waals surface area contributed by atoms with Crippen LogP contribution < -0.4 is 9.64 Å². The fourth-order valence-corrected chi connectivity index (χ4v) is 6.58. The molecular formula is C30H34N2O3. The summed E-state index contributed by atoms with van der Waals surface area (Å²) in [5.41, 5.74) is 2.69. The molecule has 2 atom stereocenters. The zero-order chi connectivity index (χ0) is 24.6. The summed E-state index contributed by atoms with van der Waals surface area (Å²) in [5.74, 6) is 3.58. The molecule has 0 saturated heterocycles. The molecule has 0 radical (unpaired) electrons. The highest BCUT2D eigenvalue weighted by Gasteiger charge is 2.41. The number of rotatable bonds is 6. The largest absolute Gasteiger partial charge is 0.478 e. The molecule has 0 aliphatic heterocycles. The van der Waals surface area contributed by atoms with Crippen molar-refractivity contribution in [3.8, 4) is 11.5 Å². The van der Waals surface area contributed by atoms with Crippen LogP contribution in [0.15, 0.2) is 66.9 Å². The maximum Gasteiger partial charge on any atom is 0.339 e. The second-order valence-electron chi connectivity index (χ2n) is 10.9. The van der Waals surface area contributed by atoms with Gasteiger partial charge in [0.15, 0.2) is 0 Å². The number of hydrogen-bond donors (Lipinski definition) is 1. The molecule has 5 heteroatoms. The minimum atomic E-state index is -0.997. The Balaban J connectivity index is 1.26. The van der Waals surface area contributed by atoms with E-state index in [-0.39, 0.29) is 11.0 Å². The first-order valence-corrected chi connectivity index (χ1v) is 12.6. The van der Waals surface area contributed by atoms with Crippen molar-refractivity contribution < 1.29 is 14.6 Å². The van der Waals surface area contributed by atoms with Crippen molar-refractivity contribution in [1.82, 2.24) is 4.98 Å². The number of aromatic carboxylic acids is 1. The average molecular weight is 471 g/mol. The topological polar surface area (TPSA) is 62.7 Å². The lowest BCUT2D eigenvalue weighted by Crippen LogP contribution is -2.38. The van der Waals surface area contributed by atoms with Crippen LogP contribution in [0.1, 0.15) is 61.9 Å². The van der Waals surface area contributed by atoms with Crippen molar-refractivity contribution in [3.05, 3.63) is 78.0 Å². The Kier molecular flexibility index (Phi) is 6.26. The van der Waals surface area contributed by atoms with Gasteiger partial charge in [0.25, 0.3) is 0 Å². The lowest BCUT2D eigenvalue weighted by molar-refractivity contribution is 0.0697. The van der Waals surface area contributed by atoms with Gasteiger partial charge in [-0.2, -0.15) is 0 Å². The molecule has 1 aromatic heterocycles. The van der Waals surface area contributed by atoms with E-state index < -0.39 is 5.97 Å². The van der Waals surface area contributed by atoms with Crippen molar-refractivity contribution in [2.75, 3.05) is 11.9 Å². The number of anilines is 2. The van der Waals surface area contributed by atoms with Gasteiger partial charge in [-0.05, 0) is 109 Å². The fourth-order valence-electron chi connectivity index (χ4n) is 6.58. The predicted octanol–water partition coefficient (Wildman–Crippen LogP) is 7.44.